The number of aryl methyl sites for hydroxylation is 1. The molecule has 1 aliphatic rings. The summed E-state index contributed by atoms with van der Waals surface area (Å²) in [6.45, 7) is 0. The monoisotopic (exact) mass is 271 g/mol. The van der Waals surface area contributed by atoms with E-state index >= 15 is 0 Å². The van der Waals surface area contributed by atoms with Crippen molar-refractivity contribution in [3.8, 4) is 11.8 Å². The Hall–Kier alpha value is -1.79. The molecule has 19 heavy (non-hydrogen) atoms. The molecule has 0 atom stereocenters. The lowest BCUT2D eigenvalue weighted by Gasteiger charge is -2.04. The number of hydrogen-bond acceptors (Lipinski definition) is 2. The van der Waals surface area contributed by atoms with Gasteiger partial charge in [0, 0.05) is 5.56 Å². The van der Waals surface area contributed by atoms with Crippen LogP contribution < -0.4 is 0 Å². The lowest BCUT2D eigenvalue weighted by molar-refractivity contribution is 0.694. The summed E-state index contributed by atoms with van der Waals surface area (Å²) in [5.74, 6) is 0. The average Bonchev–Trinajstić information content (AvgIpc) is 2.64. The number of benzene rings is 1. The van der Waals surface area contributed by atoms with Crippen LogP contribution in [-0.4, -0.2) is 9.78 Å². The summed E-state index contributed by atoms with van der Waals surface area (Å²) in [6, 6.07) is 9.47. The zero-order chi connectivity index (χ0) is 13.2. The van der Waals surface area contributed by atoms with Gasteiger partial charge in [-0.25, -0.2) is 4.68 Å². The van der Waals surface area contributed by atoms with Crippen molar-refractivity contribution in [2.75, 3.05) is 0 Å². The van der Waals surface area contributed by atoms with E-state index in [2.05, 4.69) is 11.2 Å². The van der Waals surface area contributed by atoms with E-state index in [1.807, 2.05) is 12.1 Å². The molecule has 1 aromatic carbocycles. The molecule has 0 saturated heterocycles. The van der Waals surface area contributed by atoms with E-state index in [0.29, 0.717) is 5.56 Å². The van der Waals surface area contributed by atoms with Crippen LogP contribution in [0.15, 0.2) is 24.3 Å². The van der Waals surface area contributed by atoms with Crippen molar-refractivity contribution < 1.29 is 0 Å². The summed E-state index contributed by atoms with van der Waals surface area (Å²) in [6.07, 6.45) is 5.66. The first-order valence-electron chi connectivity index (χ1n) is 6.56. The third kappa shape index (κ3) is 2.24. The van der Waals surface area contributed by atoms with Gasteiger partial charge in [-0.05, 0) is 49.9 Å². The highest BCUT2D eigenvalue weighted by atomic mass is 35.5. The maximum absolute atomic E-state index is 8.82. The number of halogens is 1. The number of nitrogens with zero attached hydrogens (tertiary/aromatic N) is 3. The predicted octanol–water partition coefficient (Wildman–Crippen LogP) is 3.67. The van der Waals surface area contributed by atoms with Crippen LogP contribution >= 0.6 is 11.6 Å². The van der Waals surface area contributed by atoms with E-state index in [0.717, 1.165) is 29.4 Å². The minimum absolute atomic E-state index is 0.647. The molecular weight excluding hydrogens is 258 g/mol. The van der Waals surface area contributed by atoms with Crippen molar-refractivity contribution in [3.63, 3.8) is 0 Å². The van der Waals surface area contributed by atoms with E-state index in [4.69, 9.17) is 16.9 Å². The van der Waals surface area contributed by atoms with Crippen molar-refractivity contribution in [1.29, 1.82) is 5.26 Å². The van der Waals surface area contributed by atoms with Crippen LogP contribution in [0.1, 0.15) is 36.1 Å². The number of aromatic nitrogens is 2. The smallest absolute Gasteiger partial charge is 0.136 e. The third-order valence-corrected chi connectivity index (χ3v) is 3.97. The van der Waals surface area contributed by atoms with Gasteiger partial charge in [-0.2, -0.15) is 10.4 Å². The Kier molecular flexibility index (Phi) is 3.27. The van der Waals surface area contributed by atoms with Crippen LogP contribution in [-0.2, 0) is 12.8 Å². The molecule has 2 aromatic rings. The Labute approximate surface area is 117 Å². The lowest BCUT2D eigenvalue weighted by atomic mass is 10.1. The van der Waals surface area contributed by atoms with E-state index in [1.54, 1.807) is 16.8 Å². The first-order chi connectivity index (χ1) is 9.29. The molecule has 0 fully saturated rings. The van der Waals surface area contributed by atoms with Gasteiger partial charge in [0.2, 0.25) is 0 Å². The standard InChI is InChI=1S/C15H14ClN3/c16-15-13-4-2-1-3-5-14(13)18-19(15)12-8-6-11(10-17)7-9-12/h6-9H,1-5H2. The van der Waals surface area contributed by atoms with Crippen molar-refractivity contribution in [1.82, 2.24) is 9.78 Å². The van der Waals surface area contributed by atoms with Gasteiger partial charge in [0.15, 0.2) is 0 Å². The summed E-state index contributed by atoms with van der Waals surface area (Å²) in [5, 5.41) is 14.2. The second-order valence-electron chi connectivity index (χ2n) is 4.85. The maximum atomic E-state index is 8.82. The zero-order valence-electron chi connectivity index (χ0n) is 10.6. The topological polar surface area (TPSA) is 41.6 Å². The Morgan fingerprint density at radius 3 is 2.58 bits per heavy atom. The molecule has 3 nitrogen and oxygen atoms in total. The van der Waals surface area contributed by atoms with E-state index in [-0.39, 0.29) is 0 Å². The molecule has 1 aromatic heterocycles. The Balaban J connectivity index is 2.03. The molecule has 0 spiro atoms. The average molecular weight is 272 g/mol. The summed E-state index contributed by atoms with van der Waals surface area (Å²) in [5.41, 5.74) is 3.89. The van der Waals surface area contributed by atoms with E-state index < -0.39 is 0 Å². The second-order valence-corrected chi connectivity index (χ2v) is 5.21. The molecule has 0 aliphatic heterocycles. The van der Waals surface area contributed by atoms with Crippen molar-refractivity contribution in [2.45, 2.75) is 32.1 Å². The molecule has 0 bridgehead atoms. The molecule has 3 rings (SSSR count). The van der Waals surface area contributed by atoms with Gasteiger partial charge in [-0.3, -0.25) is 0 Å². The summed E-state index contributed by atoms with van der Waals surface area (Å²) in [7, 11) is 0. The number of rotatable bonds is 1. The maximum Gasteiger partial charge on any atom is 0.136 e. The molecule has 0 unspecified atom stereocenters. The van der Waals surface area contributed by atoms with Crippen LogP contribution in [0.2, 0.25) is 5.15 Å². The van der Waals surface area contributed by atoms with Gasteiger partial charge in [0.1, 0.15) is 5.15 Å². The predicted molar refractivity (Wildman–Crippen MR) is 74.5 cm³/mol. The summed E-state index contributed by atoms with van der Waals surface area (Å²) in [4.78, 5) is 0. The van der Waals surface area contributed by atoms with Crippen LogP contribution in [0.3, 0.4) is 0 Å². The summed E-state index contributed by atoms with van der Waals surface area (Å²) >= 11 is 6.46. The van der Waals surface area contributed by atoms with Gasteiger partial charge in [0.05, 0.1) is 23.0 Å². The van der Waals surface area contributed by atoms with Gasteiger partial charge in [-0.1, -0.05) is 18.0 Å². The second kappa shape index (κ2) is 5.07. The molecule has 0 saturated carbocycles. The minimum Gasteiger partial charge on any atom is -0.222 e. The highest BCUT2D eigenvalue weighted by Crippen LogP contribution is 2.29. The summed E-state index contributed by atoms with van der Waals surface area (Å²) < 4.78 is 1.79. The Morgan fingerprint density at radius 1 is 1.11 bits per heavy atom. The van der Waals surface area contributed by atoms with E-state index in [9.17, 15) is 0 Å². The van der Waals surface area contributed by atoms with Crippen molar-refractivity contribution in [2.24, 2.45) is 0 Å². The highest BCUT2D eigenvalue weighted by Gasteiger charge is 2.18. The van der Waals surface area contributed by atoms with Gasteiger partial charge in [0.25, 0.3) is 0 Å². The quantitative estimate of drug-likeness (QED) is 0.743. The highest BCUT2D eigenvalue weighted by molar-refractivity contribution is 6.30. The molecule has 1 aliphatic carbocycles. The van der Waals surface area contributed by atoms with Crippen LogP contribution in [0.4, 0.5) is 0 Å². The fourth-order valence-corrected chi connectivity index (χ4v) is 2.88. The molecule has 1 heterocycles. The lowest BCUT2D eigenvalue weighted by Crippen LogP contribution is -1.98. The van der Waals surface area contributed by atoms with Gasteiger partial charge < -0.3 is 0 Å². The third-order valence-electron chi connectivity index (χ3n) is 3.59. The molecule has 0 N–H and O–H groups in total. The normalized spacial score (nSPS) is 14.5. The SMILES string of the molecule is N#Cc1ccc(-n2nc3c(c2Cl)CCCCC3)cc1. The number of nitriles is 1. The molecule has 96 valence electrons. The molecule has 0 amide bonds. The van der Waals surface area contributed by atoms with Crippen molar-refractivity contribution in [3.05, 3.63) is 46.2 Å². The fraction of sp³-hybridized carbons (Fsp3) is 0.333. The van der Waals surface area contributed by atoms with Gasteiger partial charge in [-0.15, -0.1) is 0 Å². The fourth-order valence-electron chi connectivity index (χ4n) is 2.54. The van der Waals surface area contributed by atoms with Crippen molar-refractivity contribution >= 4 is 11.6 Å². The van der Waals surface area contributed by atoms with Gasteiger partial charge >= 0.3 is 0 Å². The zero-order valence-corrected chi connectivity index (χ0v) is 11.3. The van der Waals surface area contributed by atoms with Crippen LogP contribution in [0.5, 0.6) is 0 Å². The minimum atomic E-state index is 0.647. The Morgan fingerprint density at radius 2 is 1.84 bits per heavy atom. The molecule has 0 radical (unpaired) electrons. The number of hydrogen-bond donors (Lipinski definition) is 0. The van der Waals surface area contributed by atoms with E-state index in [1.165, 1.54) is 24.8 Å². The first-order valence-corrected chi connectivity index (χ1v) is 6.94. The first kappa shape index (κ1) is 12.3. The Bertz CT molecular complexity index is 635. The molecular formula is C15H14ClN3. The van der Waals surface area contributed by atoms with Crippen LogP contribution in [0, 0.1) is 11.3 Å². The largest absolute Gasteiger partial charge is 0.222 e. The van der Waals surface area contributed by atoms with Crippen LogP contribution in [0.25, 0.3) is 5.69 Å². The number of fused-ring (bicyclic) bond motifs is 1. The molecule has 4 heteroatoms.